The highest BCUT2D eigenvalue weighted by atomic mass is 16.5. The van der Waals surface area contributed by atoms with Gasteiger partial charge in [-0.2, -0.15) is 0 Å². The molecule has 0 aliphatic carbocycles. The van der Waals surface area contributed by atoms with Crippen molar-refractivity contribution in [1.82, 2.24) is 5.32 Å². The highest BCUT2D eigenvalue weighted by Crippen LogP contribution is 2.19. The molecule has 0 bridgehead atoms. The number of hydrogen-bond acceptors (Lipinski definition) is 5. The van der Waals surface area contributed by atoms with E-state index < -0.39 is 30.6 Å². The summed E-state index contributed by atoms with van der Waals surface area (Å²) in [6.45, 7) is 2.30. The van der Waals surface area contributed by atoms with E-state index in [1.807, 2.05) is 30.3 Å². The van der Waals surface area contributed by atoms with Gasteiger partial charge in [0.15, 0.2) is 0 Å². The third-order valence-corrected chi connectivity index (χ3v) is 3.45. The summed E-state index contributed by atoms with van der Waals surface area (Å²) in [6.07, 6.45) is -3.72. The normalized spacial score (nSPS) is 35.3. The first kappa shape index (κ1) is 14.4. The lowest BCUT2D eigenvalue weighted by Gasteiger charge is -2.39. The molecular weight excluding hydrogens is 246 g/mol. The maximum atomic E-state index is 9.83. The van der Waals surface area contributed by atoms with Gasteiger partial charge in [0.05, 0.1) is 6.10 Å². The van der Waals surface area contributed by atoms with E-state index in [1.54, 1.807) is 6.92 Å². The Balaban J connectivity index is 1.82. The number of hydrogen-bond donors (Lipinski definition) is 4. The van der Waals surface area contributed by atoms with Gasteiger partial charge in [0.25, 0.3) is 0 Å². The highest BCUT2D eigenvalue weighted by Gasteiger charge is 2.41. The molecule has 1 saturated heterocycles. The second-order valence-corrected chi connectivity index (χ2v) is 4.92. The van der Waals surface area contributed by atoms with Crippen LogP contribution in [0.1, 0.15) is 12.5 Å². The van der Waals surface area contributed by atoms with Crippen LogP contribution in [0.3, 0.4) is 0 Å². The van der Waals surface area contributed by atoms with Crippen LogP contribution in [0.2, 0.25) is 0 Å². The van der Waals surface area contributed by atoms with Gasteiger partial charge in [-0.25, -0.2) is 0 Å². The molecule has 5 heteroatoms. The predicted molar refractivity (Wildman–Crippen MR) is 70.5 cm³/mol. The summed E-state index contributed by atoms with van der Waals surface area (Å²) < 4.78 is 5.45. The summed E-state index contributed by atoms with van der Waals surface area (Å²) in [5.41, 5.74) is 1.19. The Morgan fingerprint density at radius 3 is 2.42 bits per heavy atom. The maximum absolute atomic E-state index is 9.83. The van der Waals surface area contributed by atoms with Gasteiger partial charge in [0.1, 0.15) is 24.5 Å². The fourth-order valence-corrected chi connectivity index (χ4v) is 2.22. The summed E-state index contributed by atoms with van der Waals surface area (Å²) >= 11 is 0. The SMILES string of the molecule is C[C@@H]1O[C@H](NCCc2ccccc2)[C@H](O)[C@H](O)[C@@H]1O. The summed E-state index contributed by atoms with van der Waals surface area (Å²) in [7, 11) is 0. The van der Waals surface area contributed by atoms with Gasteiger partial charge in [0.2, 0.25) is 0 Å². The molecule has 5 nitrogen and oxygen atoms in total. The minimum absolute atomic E-state index is 0.507. The molecule has 0 unspecified atom stereocenters. The van der Waals surface area contributed by atoms with Crippen molar-refractivity contribution >= 4 is 0 Å². The van der Waals surface area contributed by atoms with E-state index in [0.29, 0.717) is 6.54 Å². The van der Waals surface area contributed by atoms with Crippen LogP contribution in [0.4, 0.5) is 0 Å². The second-order valence-electron chi connectivity index (χ2n) is 4.92. The Hall–Kier alpha value is -0.980. The van der Waals surface area contributed by atoms with Gasteiger partial charge in [-0.05, 0) is 18.9 Å². The quantitative estimate of drug-likeness (QED) is 0.599. The zero-order valence-corrected chi connectivity index (χ0v) is 10.9. The van der Waals surface area contributed by atoms with Crippen LogP contribution >= 0.6 is 0 Å². The highest BCUT2D eigenvalue weighted by molar-refractivity contribution is 5.14. The molecule has 0 aromatic heterocycles. The van der Waals surface area contributed by atoms with Crippen molar-refractivity contribution in [2.24, 2.45) is 0 Å². The molecule has 106 valence electrons. The van der Waals surface area contributed by atoms with Crippen molar-refractivity contribution in [2.75, 3.05) is 6.54 Å². The Morgan fingerprint density at radius 1 is 1.05 bits per heavy atom. The van der Waals surface area contributed by atoms with E-state index in [-0.39, 0.29) is 0 Å². The van der Waals surface area contributed by atoms with Crippen molar-refractivity contribution in [2.45, 2.75) is 44.0 Å². The molecule has 1 aliphatic heterocycles. The average Bonchev–Trinajstić information content (AvgIpc) is 2.43. The lowest BCUT2D eigenvalue weighted by molar-refractivity contribution is -0.224. The van der Waals surface area contributed by atoms with Gasteiger partial charge in [-0.15, -0.1) is 0 Å². The number of benzene rings is 1. The minimum Gasteiger partial charge on any atom is -0.388 e. The lowest BCUT2D eigenvalue weighted by atomic mass is 9.99. The first-order valence-corrected chi connectivity index (χ1v) is 6.56. The van der Waals surface area contributed by atoms with Gasteiger partial charge in [0, 0.05) is 6.54 Å². The standard InChI is InChI=1S/C14H21NO4/c1-9-11(16)12(17)13(18)14(19-9)15-8-7-10-5-3-2-4-6-10/h2-6,9,11-18H,7-8H2,1H3/t9-,11+,12+,13+,14-/m0/s1. The summed E-state index contributed by atoms with van der Waals surface area (Å²) in [6, 6.07) is 9.97. The van der Waals surface area contributed by atoms with Gasteiger partial charge >= 0.3 is 0 Å². The van der Waals surface area contributed by atoms with Gasteiger partial charge < -0.3 is 20.1 Å². The Labute approximate surface area is 112 Å². The topological polar surface area (TPSA) is 82.0 Å². The second kappa shape index (κ2) is 6.45. The third-order valence-electron chi connectivity index (χ3n) is 3.45. The molecule has 19 heavy (non-hydrogen) atoms. The summed E-state index contributed by atoms with van der Waals surface area (Å²) in [5, 5.41) is 32.1. The predicted octanol–water partition coefficient (Wildman–Crippen LogP) is -0.354. The Kier molecular flexibility index (Phi) is 4.90. The van der Waals surface area contributed by atoms with E-state index in [1.165, 1.54) is 5.56 Å². The van der Waals surface area contributed by atoms with Crippen LogP contribution in [0.5, 0.6) is 0 Å². The van der Waals surface area contributed by atoms with Crippen molar-refractivity contribution < 1.29 is 20.1 Å². The molecule has 1 aliphatic rings. The fourth-order valence-electron chi connectivity index (χ4n) is 2.22. The number of rotatable bonds is 4. The zero-order valence-electron chi connectivity index (χ0n) is 10.9. The van der Waals surface area contributed by atoms with Crippen molar-refractivity contribution in [1.29, 1.82) is 0 Å². The first-order chi connectivity index (χ1) is 9.09. The molecule has 0 radical (unpaired) electrons. The minimum atomic E-state index is -1.18. The molecule has 1 fully saturated rings. The monoisotopic (exact) mass is 267 g/mol. The molecular formula is C14H21NO4. The number of nitrogens with one attached hydrogen (secondary N) is 1. The van der Waals surface area contributed by atoms with Crippen LogP contribution in [0.25, 0.3) is 0 Å². The molecule has 1 heterocycles. The fraction of sp³-hybridized carbons (Fsp3) is 0.571. The van der Waals surface area contributed by atoms with Crippen LogP contribution in [-0.2, 0) is 11.2 Å². The Morgan fingerprint density at radius 2 is 1.74 bits per heavy atom. The summed E-state index contributed by atoms with van der Waals surface area (Å²) in [5.74, 6) is 0. The maximum Gasteiger partial charge on any atom is 0.137 e. The molecule has 1 aromatic carbocycles. The average molecular weight is 267 g/mol. The number of aliphatic hydroxyl groups excluding tert-OH is 3. The number of aliphatic hydroxyl groups is 3. The smallest absolute Gasteiger partial charge is 0.137 e. The zero-order chi connectivity index (χ0) is 13.8. The van der Waals surface area contributed by atoms with Crippen molar-refractivity contribution in [3.63, 3.8) is 0 Å². The van der Waals surface area contributed by atoms with Crippen LogP contribution in [0.15, 0.2) is 30.3 Å². The van der Waals surface area contributed by atoms with E-state index in [2.05, 4.69) is 5.32 Å². The summed E-state index contributed by atoms with van der Waals surface area (Å²) in [4.78, 5) is 0. The molecule has 4 N–H and O–H groups in total. The molecule has 1 aromatic rings. The van der Waals surface area contributed by atoms with Crippen LogP contribution in [0, 0.1) is 0 Å². The molecule has 0 saturated carbocycles. The van der Waals surface area contributed by atoms with E-state index >= 15 is 0 Å². The molecule has 0 spiro atoms. The van der Waals surface area contributed by atoms with E-state index in [9.17, 15) is 15.3 Å². The molecule has 0 amide bonds. The Bertz CT molecular complexity index is 386. The lowest BCUT2D eigenvalue weighted by Crippen LogP contribution is -2.61. The van der Waals surface area contributed by atoms with Crippen molar-refractivity contribution in [3.05, 3.63) is 35.9 Å². The number of ether oxygens (including phenoxy) is 1. The van der Waals surface area contributed by atoms with Crippen LogP contribution < -0.4 is 5.32 Å². The first-order valence-electron chi connectivity index (χ1n) is 6.56. The molecule has 5 atom stereocenters. The van der Waals surface area contributed by atoms with Gasteiger partial charge in [-0.1, -0.05) is 30.3 Å². The van der Waals surface area contributed by atoms with E-state index in [4.69, 9.17) is 4.74 Å². The molecule has 2 rings (SSSR count). The van der Waals surface area contributed by atoms with E-state index in [0.717, 1.165) is 6.42 Å². The van der Waals surface area contributed by atoms with Crippen molar-refractivity contribution in [3.8, 4) is 0 Å². The largest absolute Gasteiger partial charge is 0.388 e. The third kappa shape index (κ3) is 3.52. The van der Waals surface area contributed by atoms with Crippen LogP contribution in [-0.4, -0.2) is 52.5 Å². The van der Waals surface area contributed by atoms with Gasteiger partial charge in [-0.3, -0.25) is 5.32 Å².